The van der Waals surface area contributed by atoms with Gasteiger partial charge >= 0.3 is 0 Å². The van der Waals surface area contributed by atoms with E-state index < -0.39 is 0 Å². The molecule has 0 radical (unpaired) electrons. The number of nitrogens with one attached hydrogen (secondary N) is 1. The van der Waals surface area contributed by atoms with Crippen LogP contribution in [0.4, 0.5) is 4.39 Å². The maximum absolute atomic E-state index is 13.1. The van der Waals surface area contributed by atoms with Crippen molar-refractivity contribution in [2.75, 3.05) is 13.6 Å². The summed E-state index contributed by atoms with van der Waals surface area (Å²) in [6.45, 7) is 1.04. The maximum Gasteiger partial charge on any atom is 0.123 e. The first kappa shape index (κ1) is 13.2. The number of nitrogens with zero attached hydrogens (tertiary/aromatic N) is 1. The molecular formula is C14H17FN2S. The summed E-state index contributed by atoms with van der Waals surface area (Å²) in [5.41, 5.74) is 1.73. The van der Waals surface area contributed by atoms with E-state index in [1.54, 1.807) is 17.4 Å². The molecule has 1 aromatic carbocycles. The van der Waals surface area contributed by atoms with E-state index in [1.165, 1.54) is 12.1 Å². The standard InChI is InChI=1S/C14H17FN2S/c1-16-8-3-2-7-14-17-13(10-18-14)11-5-4-6-12(15)9-11/h4-6,9-10,16H,2-3,7-8H2,1H3. The molecule has 0 saturated carbocycles. The van der Waals surface area contributed by atoms with E-state index in [1.807, 2.05) is 18.5 Å². The van der Waals surface area contributed by atoms with E-state index in [4.69, 9.17) is 0 Å². The zero-order valence-corrected chi connectivity index (χ0v) is 11.3. The fourth-order valence-electron chi connectivity index (χ4n) is 1.78. The average molecular weight is 264 g/mol. The maximum atomic E-state index is 13.1. The number of rotatable bonds is 6. The highest BCUT2D eigenvalue weighted by Crippen LogP contribution is 2.23. The van der Waals surface area contributed by atoms with Gasteiger partial charge in [0.15, 0.2) is 0 Å². The minimum atomic E-state index is -0.212. The van der Waals surface area contributed by atoms with Gasteiger partial charge in [0.25, 0.3) is 0 Å². The number of unbranched alkanes of at least 4 members (excludes halogenated alkanes) is 1. The molecule has 96 valence electrons. The van der Waals surface area contributed by atoms with Crippen LogP contribution < -0.4 is 5.32 Å². The lowest BCUT2D eigenvalue weighted by Crippen LogP contribution is -2.07. The van der Waals surface area contributed by atoms with Crippen LogP contribution in [0.2, 0.25) is 0 Å². The Bertz CT molecular complexity index is 496. The minimum Gasteiger partial charge on any atom is -0.320 e. The SMILES string of the molecule is CNCCCCc1nc(-c2cccc(F)c2)cs1. The fraction of sp³-hybridized carbons (Fsp3) is 0.357. The van der Waals surface area contributed by atoms with Crippen molar-refractivity contribution in [3.63, 3.8) is 0 Å². The van der Waals surface area contributed by atoms with E-state index in [0.29, 0.717) is 0 Å². The summed E-state index contributed by atoms with van der Waals surface area (Å²) in [6, 6.07) is 6.59. The third kappa shape index (κ3) is 3.62. The van der Waals surface area contributed by atoms with Gasteiger partial charge in [-0.1, -0.05) is 12.1 Å². The van der Waals surface area contributed by atoms with Crippen LogP contribution in [0.5, 0.6) is 0 Å². The van der Waals surface area contributed by atoms with Crippen molar-refractivity contribution < 1.29 is 4.39 Å². The molecule has 0 spiro atoms. The van der Waals surface area contributed by atoms with Gasteiger partial charge in [-0.3, -0.25) is 0 Å². The Balaban J connectivity index is 1.97. The molecular weight excluding hydrogens is 247 g/mol. The van der Waals surface area contributed by atoms with Crippen LogP contribution in [0.3, 0.4) is 0 Å². The number of aryl methyl sites for hydroxylation is 1. The molecule has 0 amide bonds. The summed E-state index contributed by atoms with van der Waals surface area (Å²) >= 11 is 1.65. The van der Waals surface area contributed by atoms with Crippen molar-refractivity contribution in [2.24, 2.45) is 0 Å². The zero-order chi connectivity index (χ0) is 12.8. The highest BCUT2D eigenvalue weighted by molar-refractivity contribution is 7.09. The monoisotopic (exact) mass is 264 g/mol. The molecule has 0 bridgehead atoms. The highest BCUT2D eigenvalue weighted by atomic mass is 32.1. The molecule has 4 heteroatoms. The fourth-order valence-corrected chi connectivity index (χ4v) is 2.63. The molecule has 0 aliphatic carbocycles. The molecule has 1 heterocycles. The normalized spacial score (nSPS) is 10.8. The van der Waals surface area contributed by atoms with Gasteiger partial charge in [0, 0.05) is 10.9 Å². The van der Waals surface area contributed by atoms with Gasteiger partial charge in [0.2, 0.25) is 0 Å². The predicted molar refractivity (Wildman–Crippen MR) is 74.4 cm³/mol. The second-order valence-electron chi connectivity index (χ2n) is 4.20. The van der Waals surface area contributed by atoms with E-state index in [2.05, 4.69) is 10.3 Å². The summed E-state index contributed by atoms with van der Waals surface area (Å²) < 4.78 is 13.1. The topological polar surface area (TPSA) is 24.9 Å². The van der Waals surface area contributed by atoms with Crippen molar-refractivity contribution in [3.05, 3.63) is 40.5 Å². The lowest BCUT2D eigenvalue weighted by molar-refractivity contribution is 0.628. The number of aromatic nitrogens is 1. The minimum absolute atomic E-state index is 0.212. The lowest BCUT2D eigenvalue weighted by Gasteiger charge is -1.98. The third-order valence-electron chi connectivity index (χ3n) is 2.74. The van der Waals surface area contributed by atoms with Gasteiger partial charge in [0.1, 0.15) is 5.82 Å². The van der Waals surface area contributed by atoms with Crippen molar-refractivity contribution in [2.45, 2.75) is 19.3 Å². The quantitative estimate of drug-likeness (QED) is 0.808. The Labute approximate surface area is 111 Å². The summed E-state index contributed by atoms with van der Waals surface area (Å²) in [5.74, 6) is -0.212. The average Bonchev–Trinajstić information content (AvgIpc) is 2.83. The van der Waals surface area contributed by atoms with Crippen LogP contribution in [0.1, 0.15) is 17.8 Å². The van der Waals surface area contributed by atoms with Gasteiger partial charge < -0.3 is 5.32 Å². The summed E-state index contributed by atoms with van der Waals surface area (Å²) in [4.78, 5) is 4.55. The smallest absolute Gasteiger partial charge is 0.123 e. The number of halogens is 1. The Morgan fingerprint density at radius 1 is 1.33 bits per heavy atom. The molecule has 2 aromatic rings. The van der Waals surface area contributed by atoms with Crippen LogP contribution in [0, 0.1) is 5.82 Å². The predicted octanol–water partition coefficient (Wildman–Crippen LogP) is 3.49. The Hall–Kier alpha value is -1.26. The van der Waals surface area contributed by atoms with Gasteiger partial charge in [-0.25, -0.2) is 9.37 Å². The highest BCUT2D eigenvalue weighted by Gasteiger charge is 2.05. The lowest BCUT2D eigenvalue weighted by atomic mass is 10.2. The number of hydrogen-bond acceptors (Lipinski definition) is 3. The molecule has 2 rings (SSSR count). The van der Waals surface area contributed by atoms with Crippen LogP contribution in [-0.4, -0.2) is 18.6 Å². The van der Waals surface area contributed by atoms with Crippen molar-refractivity contribution in [1.82, 2.24) is 10.3 Å². The Kier molecular flexibility index (Phi) is 4.84. The van der Waals surface area contributed by atoms with Gasteiger partial charge in [0.05, 0.1) is 10.7 Å². The molecule has 1 N–H and O–H groups in total. The van der Waals surface area contributed by atoms with Gasteiger partial charge in [-0.15, -0.1) is 11.3 Å². The molecule has 18 heavy (non-hydrogen) atoms. The van der Waals surface area contributed by atoms with Crippen LogP contribution in [0.25, 0.3) is 11.3 Å². The summed E-state index contributed by atoms with van der Waals surface area (Å²) in [6.07, 6.45) is 3.30. The summed E-state index contributed by atoms with van der Waals surface area (Å²) in [5, 5.41) is 6.26. The van der Waals surface area contributed by atoms with E-state index >= 15 is 0 Å². The van der Waals surface area contributed by atoms with Gasteiger partial charge in [-0.05, 0) is 45.0 Å². The molecule has 0 saturated heterocycles. The van der Waals surface area contributed by atoms with E-state index in [9.17, 15) is 4.39 Å². The summed E-state index contributed by atoms with van der Waals surface area (Å²) in [7, 11) is 1.96. The van der Waals surface area contributed by atoms with E-state index in [0.717, 1.165) is 42.1 Å². The van der Waals surface area contributed by atoms with Gasteiger partial charge in [-0.2, -0.15) is 0 Å². The van der Waals surface area contributed by atoms with Crippen molar-refractivity contribution in [1.29, 1.82) is 0 Å². The number of benzene rings is 1. The van der Waals surface area contributed by atoms with Crippen LogP contribution in [-0.2, 0) is 6.42 Å². The molecule has 0 fully saturated rings. The van der Waals surface area contributed by atoms with Crippen molar-refractivity contribution in [3.8, 4) is 11.3 Å². The first-order valence-electron chi connectivity index (χ1n) is 6.14. The zero-order valence-electron chi connectivity index (χ0n) is 10.4. The first-order chi connectivity index (χ1) is 8.79. The third-order valence-corrected chi connectivity index (χ3v) is 3.65. The first-order valence-corrected chi connectivity index (χ1v) is 7.02. The Morgan fingerprint density at radius 2 is 2.22 bits per heavy atom. The van der Waals surface area contributed by atoms with Crippen LogP contribution >= 0.6 is 11.3 Å². The molecule has 0 aliphatic heterocycles. The Morgan fingerprint density at radius 3 is 3.00 bits per heavy atom. The van der Waals surface area contributed by atoms with Crippen molar-refractivity contribution >= 4 is 11.3 Å². The second kappa shape index (κ2) is 6.61. The molecule has 0 aliphatic rings. The number of thiazole rings is 1. The molecule has 0 atom stereocenters. The largest absolute Gasteiger partial charge is 0.320 e. The van der Waals surface area contributed by atoms with Crippen LogP contribution in [0.15, 0.2) is 29.6 Å². The molecule has 0 unspecified atom stereocenters. The molecule has 1 aromatic heterocycles. The van der Waals surface area contributed by atoms with E-state index in [-0.39, 0.29) is 5.82 Å². The number of hydrogen-bond donors (Lipinski definition) is 1. The molecule has 2 nitrogen and oxygen atoms in total. The second-order valence-corrected chi connectivity index (χ2v) is 5.14.